The average molecular weight is 479 g/mol. The Bertz CT molecular complexity index is 1160. The van der Waals surface area contributed by atoms with Crippen LogP contribution in [0, 0.1) is 0 Å². The first-order valence-corrected chi connectivity index (χ1v) is 13.6. The van der Waals surface area contributed by atoms with Gasteiger partial charge >= 0.3 is 0 Å². The van der Waals surface area contributed by atoms with Crippen LogP contribution in [0.25, 0.3) is 0 Å². The van der Waals surface area contributed by atoms with E-state index in [4.69, 9.17) is 0 Å². The van der Waals surface area contributed by atoms with Crippen LogP contribution >= 0.6 is 0 Å². The van der Waals surface area contributed by atoms with Crippen molar-refractivity contribution in [3.8, 4) is 0 Å². The number of rotatable bonds is 11. The lowest BCUT2D eigenvalue weighted by atomic mass is 10.0. The number of benzene rings is 3. The molecule has 0 aliphatic carbocycles. The first kappa shape index (κ1) is 25.5. The van der Waals surface area contributed by atoms with Gasteiger partial charge in [0.25, 0.3) is 5.91 Å². The summed E-state index contributed by atoms with van der Waals surface area (Å²) in [6, 6.07) is 24.9. The highest BCUT2D eigenvalue weighted by Crippen LogP contribution is 2.22. The lowest BCUT2D eigenvalue weighted by Gasteiger charge is -2.23. The van der Waals surface area contributed by atoms with Crippen LogP contribution < -0.4 is 9.62 Å². The number of hydrogen-bond acceptors (Lipinski definition) is 3. The molecule has 34 heavy (non-hydrogen) atoms. The molecule has 0 radical (unpaired) electrons. The number of carbonyl (C=O) groups is 1. The van der Waals surface area contributed by atoms with E-state index in [0.717, 1.165) is 24.8 Å². The van der Waals surface area contributed by atoms with Crippen LogP contribution in [0.1, 0.15) is 59.7 Å². The number of unbranched alkanes of at least 4 members (excludes halogenated alkanes) is 1. The molecule has 0 fully saturated rings. The van der Waals surface area contributed by atoms with Gasteiger partial charge in [-0.2, -0.15) is 0 Å². The van der Waals surface area contributed by atoms with Gasteiger partial charge in [0.15, 0.2) is 0 Å². The van der Waals surface area contributed by atoms with Crippen LogP contribution in [0.15, 0.2) is 78.9 Å². The molecule has 0 bridgehead atoms. The van der Waals surface area contributed by atoms with E-state index in [2.05, 4.69) is 31.3 Å². The second-order valence-electron chi connectivity index (χ2n) is 8.76. The Balaban J connectivity index is 1.64. The van der Waals surface area contributed by atoms with Gasteiger partial charge in [-0.15, -0.1) is 0 Å². The Morgan fingerprint density at radius 2 is 1.53 bits per heavy atom. The van der Waals surface area contributed by atoms with Crippen molar-refractivity contribution in [1.29, 1.82) is 0 Å². The summed E-state index contributed by atoms with van der Waals surface area (Å²) in [5, 5.41) is 2.98. The highest BCUT2D eigenvalue weighted by atomic mass is 32.2. The van der Waals surface area contributed by atoms with E-state index in [1.54, 1.807) is 12.1 Å². The third kappa shape index (κ3) is 7.19. The van der Waals surface area contributed by atoms with Crippen molar-refractivity contribution in [3.63, 3.8) is 0 Å². The van der Waals surface area contributed by atoms with E-state index in [-0.39, 0.29) is 18.4 Å². The van der Waals surface area contributed by atoms with Crippen molar-refractivity contribution in [2.24, 2.45) is 0 Å². The molecule has 6 heteroatoms. The van der Waals surface area contributed by atoms with E-state index in [9.17, 15) is 13.2 Å². The quantitative estimate of drug-likeness (QED) is 0.394. The van der Waals surface area contributed by atoms with Crippen molar-refractivity contribution < 1.29 is 13.2 Å². The van der Waals surface area contributed by atoms with Gasteiger partial charge in [-0.1, -0.05) is 74.9 Å². The lowest BCUT2D eigenvalue weighted by Crippen LogP contribution is -2.29. The van der Waals surface area contributed by atoms with Crippen molar-refractivity contribution >= 4 is 21.6 Å². The molecule has 3 aromatic carbocycles. The Kier molecular flexibility index (Phi) is 8.88. The van der Waals surface area contributed by atoms with Gasteiger partial charge in [-0.25, -0.2) is 8.42 Å². The minimum Gasteiger partial charge on any atom is -0.351 e. The number of nitrogens with one attached hydrogen (secondary N) is 1. The molecule has 1 N–H and O–H groups in total. The molecule has 0 aliphatic rings. The van der Waals surface area contributed by atoms with Crippen LogP contribution in [-0.2, 0) is 23.0 Å². The number of nitrogens with zero attached hydrogens (tertiary/aromatic N) is 1. The topological polar surface area (TPSA) is 66.5 Å². The zero-order valence-corrected chi connectivity index (χ0v) is 21.0. The van der Waals surface area contributed by atoms with Crippen molar-refractivity contribution in [3.05, 3.63) is 101 Å². The zero-order valence-electron chi connectivity index (χ0n) is 20.2. The monoisotopic (exact) mass is 478 g/mol. The summed E-state index contributed by atoms with van der Waals surface area (Å²) in [5.74, 6) is 0.0677. The van der Waals surface area contributed by atoms with Crippen LogP contribution in [0.3, 0.4) is 0 Å². The van der Waals surface area contributed by atoms with Gasteiger partial charge in [-0.05, 0) is 59.7 Å². The SMILES string of the molecule is CCCCc1ccc(N(Cc2ccc(C(=O)NCC(C)c3ccccc3)cc2)S(C)(=O)=O)cc1. The van der Waals surface area contributed by atoms with Gasteiger partial charge in [0.2, 0.25) is 10.0 Å². The lowest BCUT2D eigenvalue weighted by molar-refractivity contribution is 0.0951. The number of amides is 1. The smallest absolute Gasteiger partial charge is 0.251 e. The third-order valence-corrected chi connectivity index (χ3v) is 7.06. The molecule has 1 amide bonds. The van der Waals surface area contributed by atoms with Gasteiger partial charge in [0.05, 0.1) is 18.5 Å². The summed E-state index contributed by atoms with van der Waals surface area (Å²) < 4.78 is 26.4. The van der Waals surface area contributed by atoms with E-state index in [1.807, 2.05) is 54.6 Å². The molecule has 0 aromatic heterocycles. The Morgan fingerprint density at radius 1 is 0.912 bits per heavy atom. The summed E-state index contributed by atoms with van der Waals surface area (Å²) >= 11 is 0. The number of aryl methyl sites for hydroxylation is 1. The van der Waals surface area contributed by atoms with E-state index < -0.39 is 10.0 Å². The number of carbonyl (C=O) groups excluding carboxylic acids is 1. The number of sulfonamides is 1. The summed E-state index contributed by atoms with van der Waals surface area (Å²) in [6.07, 6.45) is 4.44. The molecule has 1 atom stereocenters. The Morgan fingerprint density at radius 3 is 2.12 bits per heavy atom. The van der Waals surface area contributed by atoms with Crippen LogP contribution in [0.2, 0.25) is 0 Å². The maximum atomic E-state index is 12.6. The minimum absolute atomic E-state index is 0.142. The van der Waals surface area contributed by atoms with Gasteiger partial charge in [0.1, 0.15) is 0 Å². The summed E-state index contributed by atoms with van der Waals surface area (Å²) in [6.45, 7) is 4.98. The summed E-state index contributed by atoms with van der Waals surface area (Å²) in [7, 11) is -3.46. The van der Waals surface area contributed by atoms with Crippen molar-refractivity contribution in [2.75, 3.05) is 17.1 Å². The first-order valence-electron chi connectivity index (χ1n) is 11.8. The fourth-order valence-electron chi connectivity index (χ4n) is 3.78. The molecule has 0 saturated heterocycles. The fraction of sp³-hybridized carbons (Fsp3) is 0.321. The number of hydrogen-bond donors (Lipinski definition) is 1. The molecule has 1 unspecified atom stereocenters. The van der Waals surface area contributed by atoms with Crippen molar-refractivity contribution in [2.45, 2.75) is 45.6 Å². The normalized spacial score (nSPS) is 12.2. The molecule has 3 aromatic rings. The number of anilines is 1. The van der Waals surface area contributed by atoms with Crippen LogP contribution in [0.5, 0.6) is 0 Å². The fourth-order valence-corrected chi connectivity index (χ4v) is 4.67. The first-order chi connectivity index (χ1) is 16.3. The van der Waals surface area contributed by atoms with E-state index in [0.29, 0.717) is 17.8 Å². The van der Waals surface area contributed by atoms with Crippen molar-refractivity contribution in [1.82, 2.24) is 5.32 Å². The summed E-state index contributed by atoms with van der Waals surface area (Å²) in [4.78, 5) is 12.6. The highest BCUT2D eigenvalue weighted by molar-refractivity contribution is 7.92. The predicted octanol–water partition coefficient (Wildman–Crippen LogP) is 5.53. The van der Waals surface area contributed by atoms with Crippen LogP contribution in [-0.4, -0.2) is 27.1 Å². The maximum absolute atomic E-state index is 12.6. The molecular weight excluding hydrogens is 444 g/mol. The molecule has 0 saturated carbocycles. The van der Waals surface area contributed by atoms with E-state index >= 15 is 0 Å². The molecule has 3 rings (SSSR count). The molecule has 180 valence electrons. The maximum Gasteiger partial charge on any atom is 0.251 e. The molecule has 5 nitrogen and oxygen atoms in total. The summed E-state index contributed by atoms with van der Waals surface area (Å²) in [5.41, 5.74) is 4.39. The van der Waals surface area contributed by atoms with E-state index in [1.165, 1.54) is 21.7 Å². The largest absolute Gasteiger partial charge is 0.351 e. The Labute approximate surface area is 203 Å². The second kappa shape index (κ2) is 11.8. The minimum atomic E-state index is -3.46. The molecule has 0 heterocycles. The van der Waals surface area contributed by atoms with Gasteiger partial charge < -0.3 is 5.32 Å². The second-order valence-corrected chi connectivity index (χ2v) is 10.7. The Hall–Kier alpha value is -3.12. The van der Waals surface area contributed by atoms with Gasteiger partial charge in [-0.3, -0.25) is 9.10 Å². The van der Waals surface area contributed by atoms with Crippen LogP contribution in [0.4, 0.5) is 5.69 Å². The molecule has 0 aliphatic heterocycles. The standard InChI is InChI=1S/C28H34N2O3S/c1-4-5-9-23-14-18-27(19-15-23)30(34(3,32)33)21-24-12-16-26(17-13-24)28(31)29-20-22(2)25-10-7-6-8-11-25/h6-8,10-19,22H,4-5,9,20-21H2,1-3H3,(H,29,31). The zero-order chi connectivity index (χ0) is 24.6. The average Bonchev–Trinajstić information content (AvgIpc) is 2.85. The van der Waals surface area contributed by atoms with Gasteiger partial charge in [0, 0.05) is 12.1 Å². The third-order valence-electron chi connectivity index (χ3n) is 5.92. The predicted molar refractivity (Wildman–Crippen MR) is 140 cm³/mol. The highest BCUT2D eigenvalue weighted by Gasteiger charge is 2.18. The molecular formula is C28H34N2O3S. The molecule has 0 spiro atoms.